The first-order valence-corrected chi connectivity index (χ1v) is 10.8. The average molecular weight is 577 g/mol. The van der Waals surface area contributed by atoms with Crippen LogP contribution >= 0.6 is 45.2 Å². The smallest absolute Gasteiger partial charge is 0.215 e. The largest absolute Gasteiger partial charge is 0.438 e. The summed E-state index contributed by atoms with van der Waals surface area (Å²) in [6.07, 6.45) is 0. The normalized spacial score (nSPS) is 10.7. The number of para-hydroxylation sites is 1. The molecule has 0 bridgehead atoms. The zero-order valence-corrected chi connectivity index (χ0v) is 18.8. The molecule has 0 aliphatic heterocycles. The van der Waals surface area contributed by atoms with Gasteiger partial charge in [0.25, 0.3) is 0 Å². The minimum absolute atomic E-state index is 0.749. The van der Waals surface area contributed by atoms with Crippen LogP contribution in [0.25, 0.3) is 11.3 Å². The summed E-state index contributed by atoms with van der Waals surface area (Å²) in [5.41, 5.74) is 3.45. The molecule has 0 spiro atoms. The van der Waals surface area contributed by atoms with Crippen LogP contribution in [0, 0.1) is 7.14 Å². The summed E-state index contributed by atoms with van der Waals surface area (Å²) < 4.78 is 8.70. The summed E-state index contributed by atoms with van der Waals surface area (Å²) in [5, 5.41) is 0. The molecule has 0 N–H and O–H groups in total. The highest BCUT2D eigenvalue weighted by Crippen LogP contribution is 2.41. The molecule has 1 aromatic heterocycles. The quantitative estimate of drug-likeness (QED) is 0.229. The van der Waals surface area contributed by atoms with Crippen LogP contribution < -0.4 is 4.90 Å². The van der Waals surface area contributed by atoms with Crippen molar-refractivity contribution in [2.45, 2.75) is 6.54 Å². The summed E-state index contributed by atoms with van der Waals surface area (Å²) in [5.74, 6) is 1.80. The van der Waals surface area contributed by atoms with Gasteiger partial charge < -0.3 is 9.32 Å². The van der Waals surface area contributed by atoms with Crippen molar-refractivity contribution < 1.29 is 4.42 Å². The highest BCUT2D eigenvalue weighted by Gasteiger charge is 2.23. The Morgan fingerprint density at radius 2 is 1.22 bits per heavy atom. The first-order valence-electron chi connectivity index (χ1n) is 8.64. The Labute approximate surface area is 186 Å². The second-order valence-electron chi connectivity index (χ2n) is 6.14. The van der Waals surface area contributed by atoms with Crippen molar-refractivity contribution in [3.63, 3.8) is 0 Å². The van der Waals surface area contributed by atoms with Gasteiger partial charge in [-0.05, 0) is 62.9 Å². The van der Waals surface area contributed by atoms with Gasteiger partial charge in [-0.2, -0.15) is 0 Å². The molecule has 0 saturated heterocycles. The van der Waals surface area contributed by atoms with Gasteiger partial charge in [-0.1, -0.05) is 78.9 Å². The molecule has 0 amide bonds. The molecule has 0 saturated carbocycles. The monoisotopic (exact) mass is 577 g/mol. The van der Waals surface area contributed by atoms with E-state index in [0.717, 1.165) is 36.6 Å². The van der Waals surface area contributed by atoms with Crippen molar-refractivity contribution >= 4 is 56.8 Å². The molecule has 0 radical (unpaired) electrons. The number of hydrogen-bond donors (Lipinski definition) is 0. The molecule has 0 fully saturated rings. The van der Waals surface area contributed by atoms with Crippen molar-refractivity contribution in [3.05, 3.63) is 104 Å². The summed E-state index contributed by atoms with van der Waals surface area (Å²) in [4.78, 5) is 2.24. The van der Waals surface area contributed by atoms with Crippen LogP contribution in [-0.4, -0.2) is 0 Å². The lowest BCUT2D eigenvalue weighted by molar-refractivity contribution is 0.572. The van der Waals surface area contributed by atoms with Gasteiger partial charge in [0, 0.05) is 11.3 Å². The lowest BCUT2D eigenvalue weighted by atomic mass is 10.2. The second kappa shape index (κ2) is 8.48. The van der Waals surface area contributed by atoms with Crippen LogP contribution in [0.1, 0.15) is 5.56 Å². The van der Waals surface area contributed by atoms with E-state index in [9.17, 15) is 0 Å². The third-order valence-corrected chi connectivity index (χ3v) is 7.37. The molecule has 134 valence electrons. The maximum atomic E-state index is 6.43. The third-order valence-electron chi connectivity index (χ3n) is 4.31. The Morgan fingerprint density at radius 1 is 0.667 bits per heavy atom. The van der Waals surface area contributed by atoms with Crippen LogP contribution in [0.4, 0.5) is 11.6 Å². The molecular formula is C23H17I2NO. The molecule has 3 aromatic carbocycles. The SMILES string of the molecule is Ic1c(-c2ccccc2)oc(N(Cc2ccccc2)c2ccccc2)c1I. The summed E-state index contributed by atoms with van der Waals surface area (Å²) in [7, 11) is 0. The molecule has 2 nitrogen and oxygen atoms in total. The predicted molar refractivity (Wildman–Crippen MR) is 128 cm³/mol. The molecule has 0 aliphatic rings. The molecule has 0 unspecified atom stereocenters. The van der Waals surface area contributed by atoms with E-state index in [-0.39, 0.29) is 0 Å². The summed E-state index contributed by atoms with van der Waals surface area (Å²) in [6.45, 7) is 0.749. The highest BCUT2D eigenvalue weighted by atomic mass is 127. The van der Waals surface area contributed by atoms with E-state index in [1.165, 1.54) is 5.56 Å². The molecule has 27 heavy (non-hydrogen) atoms. The van der Waals surface area contributed by atoms with Crippen molar-refractivity contribution in [2.75, 3.05) is 4.90 Å². The van der Waals surface area contributed by atoms with Gasteiger partial charge >= 0.3 is 0 Å². The van der Waals surface area contributed by atoms with Crippen molar-refractivity contribution in [1.29, 1.82) is 0 Å². The third kappa shape index (κ3) is 4.06. The van der Waals surface area contributed by atoms with Crippen molar-refractivity contribution in [3.8, 4) is 11.3 Å². The van der Waals surface area contributed by atoms with E-state index >= 15 is 0 Å². The highest BCUT2D eigenvalue weighted by molar-refractivity contribution is 14.1. The lowest BCUT2D eigenvalue weighted by Gasteiger charge is -2.23. The van der Waals surface area contributed by atoms with Crippen LogP contribution in [0.2, 0.25) is 0 Å². The fourth-order valence-corrected chi connectivity index (χ4v) is 4.28. The predicted octanol–water partition coefficient (Wildman–Crippen LogP) is 7.49. The lowest BCUT2D eigenvalue weighted by Crippen LogP contribution is -2.16. The zero-order valence-electron chi connectivity index (χ0n) is 14.5. The number of anilines is 2. The number of benzene rings is 3. The topological polar surface area (TPSA) is 16.4 Å². The first kappa shape index (κ1) is 18.6. The van der Waals surface area contributed by atoms with Gasteiger partial charge in [0.1, 0.15) is 0 Å². The molecule has 0 aliphatic carbocycles. The number of nitrogens with zero attached hydrogens (tertiary/aromatic N) is 1. The average Bonchev–Trinajstić information content (AvgIpc) is 3.03. The fraction of sp³-hybridized carbons (Fsp3) is 0.0435. The Hall–Kier alpha value is -1.80. The standard InChI is InChI=1S/C23H17I2NO/c24-20-21(25)23(27-22(20)18-12-6-2-7-13-18)26(19-14-8-3-9-15-19)16-17-10-4-1-5-11-17/h1-15H,16H2. The first-order chi connectivity index (χ1) is 13.2. The van der Waals surface area contributed by atoms with Crippen LogP contribution in [0.15, 0.2) is 95.4 Å². The molecule has 4 rings (SSSR count). The van der Waals surface area contributed by atoms with E-state index in [0.29, 0.717) is 0 Å². The van der Waals surface area contributed by atoms with E-state index < -0.39 is 0 Å². The number of furan rings is 1. The Balaban J connectivity index is 1.81. The van der Waals surface area contributed by atoms with Gasteiger partial charge in [0.05, 0.1) is 13.7 Å². The van der Waals surface area contributed by atoms with Gasteiger partial charge in [0.2, 0.25) is 5.88 Å². The minimum atomic E-state index is 0.749. The van der Waals surface area contributed by atoms with Crippen LogP contribution in [0.3, 0.4) is 0 Å². The summed E-state index contributed by atoms with van der Waals surface area (Å²) in [6, 6.07) is 31.2. The van der Waals surface area contributed by atoms with Crippen molar-refractivity contribution in [1.82, 2.24) is 0 Å². The molecule has 4 aromatic rings. The molecular weight excluding hydrogens is 560 g/mol. The maximum absolute atomic E-state index is 6.43. The van der Waals surface area contributed by atoms with Gasteiger partial charge in [-0.15, -0.1) is 0 Å². The van der Waals surface area contributed by atoms with Crippen LogP contribution in [0.5, 0.6) is 0 Å². The number of rotatable bonds is 5. The Morgan fingerprint density at radius 3 is 1.85 bits per heavy atom. The zero-order chi connectivity index (χ0) is 18.6. The van der Waals surface area contributed by atoms with E-state index in [1.807, 2.05) is 30.3 Å². The molecule has 4 heteroatoms. The summed E-state index contributed by atoms with van der Waals surface area (Å²) >= 11 is 4.78. The number of halogens is 2. The maximum Gasteiger partial charge on any atom is 0.215 e. The Bertz CT molecular complexity index is 1010. The van der Waals surface area contributed by atoms with Gasteiger partial charge in [-0.25, -0.2) is 0 Å². The van der Waals surface area contributed by atoms with E-state index in [4.69, 9.17) is 4.42 Å². The Kier molecular flexibility index (Phi) is 5.83. The van der Waals surface area contributed by atoms with E-state index in [1.54, 1.807) is 0 Å². The minimum Gasteiger partial charge on any atom is -0.438 e. The van der Waals surface area contributed by atoms with E-state index in [2.05, 4.69) is 111 Å². The van der Waals surface area contributed by atoms with Crippen LogP contribution in [-0.2, 0) is 6.54 Å². The second-order valence-corrected chi connectivity index (χ2v) is 8.30. The molecule has 0 atom stereocenters. The molecule has 1 heterocycles. The van der Waals surface area contributed by atoms with Gasteiger partial charge in [-0.3, -0.25) is 0 Å². The number of hydrogen-bond acceptors (Lipinski definition) is 2. The van der Waals surface area contributed by atoms with Crippen molar-refractivity contribution in [2.24, 2.45) is 0 Å². The van der Waals surface area contributed by atoms with Gasteiger partial charge in [0.15, 0.2) is 5.76 Å². The fourth-order valence-electron chi connectivity index (χ4n) is 2.98.